The summed E-state index contributed by atoms with van der Waals surface area (Å²) < 4.78 is 27.7. The van der Waals surface area contributed by atoms with Crippen LogP contribution < -0.4 is 0 Å². The van der Waals surface area contributed by atoms with Gasteiger partial charge >= 0.3 is 0 Å². The minimum atomic E-state index is -0.729. The van der Waals surface area contributed by atoms with E-state index in [0.29, 0.717) is 11.5 Å². The zero-order chi connectivity index (χ0) is 19.2. The second kappa shape index (κ2) is 9.49. The Labute approximate surface area is 162 Å². The van der Waals surface area contributed by atoms with Gasteiger partial charge in [0.2, 0.25) is 0 Å². The molecule has 0 heterocycles. The monoisotopic (exact) mass is 371 g/mol. The van der Waals surface area contributed by atoms with Crippen LogP contribution in [0.5, 0.6) is 0 Å². The first-order valence-corrected chi connectivity index (χ1v) is 10.7. The highest BCUT2D eigenvalue weighted by Crippen LogP contribution is 2.38. The van der Waals surface area contributed by atoms with Crippen molar-refractivity contribution in [3.63, 3.8) is 0 Å². The van der Waals surface area contributed by atoms with Gasteiger partial charge in [0.25, 0.3) is 0 Å². The zero-order valence-electron chi connectivity index (χ0n) is 16.4. The van der Waals surface area contributed by atoms with Gasteiger partial charge in [-0.25, -0.2) is 8.78 Å². The van der Waals surface area contributed by atoms with Gasteiger partial charge in [-0.3, -0.25) is 0 Å². The molecule has 0 N–H and O–H groups in total. The van der Waals surface area contributed by atoms with Crippen molar-refractivity contribution in [2.24, 2.45) is 17.8 Å². The summed E-state index contributed by atoms with van der Waals surface area (Å²) in [5.41, 5.74) is 0.240. The Morgan fingerprint density at radius 3 is 1.93 bits per heavy atom. The summed E-state index contributed by atoms with van der Waals surface area (Å²) >= 11 is 0. The number of nitriles is 1. The molecule has 0 spiro atoms. The van der Waals surface area contributed by atoms with Gasteiger partial charge in [-0.05, 0) is 92.7 Å². The minimum Gasteiger partial charge on any atom is -0.205 e. The molecule has 1 aromatic rings. The van der Waals surface area contributed by atoms with Crippen molar-refractivity contribution in [3.05, 3.63) is 47.0 Å². The van der Waals surface area contributed by atoms with Crippen molar-refractivity contribution in [3.8, 4) is 6.07 Å². The highest BCUT2D eigenvalue weighted by Gasteiger charge is 2.24. The molecule has 146 valence electrons. The van der Waals surface area contributed by atoms with E-state index in [2.05, 4.69) is 19.1 Å². The van der Waals surface area contributed by atoms with Crippen molar-refractivity contribution in [1.82, 2.24) is 0 Å². The first-order chi connectivity index (χ1) is 13.1. The number of hydrogen-bond donors (Lipinski definition) is 0. The van der Waals surface area contributed by atoms with E-state index in [4.69, 9.17) is 5.26 Å². The van der Waals surface area contributed by atoms with Gasteiger partial charge in [0.05, 0.1) is 0 Å². The van der Waals surface area contributed by atoms with Crippen molar-refractivity contribution >= 4 is 0 Å². The second-order valence-corrected chi connectivity index (χ2v) is 8.54. The molecule has 2 aliphatic rings. The lowest BCUT2D eigenvalue weighted by Gasteiger charge is -2.29. The average Bonchev–Trinajstić information content (AvgIpc) is 2.68. The molecule has 0 saturated heterocycles. The van der Waals surface area contributed by atoms with E-state index in [9.17, 15) is 8.78 Å². The maximum atomic E-state index is 13.9. The average molecular weight is 372 g/mol. The molecule has 0 amide bonds. The Balaban J connectivity index is 1.49. The number of allylic oxidation sites excluding steroid dienone is 2. The lowest BCUT2D eigenvalue weighted by atomic mass is 9.77. The van der Waals surface area contributed by atoms with E-state index < -0.39 is 17.2 Å². The Bertz CT molecular complexity index is 664. The summed E-state index contributed by atoms with van der Waals surface area (Å²) in [4.78, 5) is 0. The lowest BCUT2D eigenvalue weighted by Crippen LogP contribution is -2.15. The fourth-order valence-electron chi connectivity index (χ4n) is 4.97. The lowest BCUT2D eigenvalue weighted by molar-refractivity contribution is 0.292. The predicted octanol–water partition coefficient (Wildman–Crippen LogP) is 7.27. The predicted molar refractivity (Wildman–Crippen MR) is 105 cm³/mol. The standard InChI is InChI=1S/C24H31F2N/c1-2-3-17-4-6-18(7-5-17)8-9-19-10-12-20(13-11-19)21-14-23(25)22(16-27)24(26)15-21/h8-9,14-15,17-20H,2-7,10-13H2,1H3. The van der Waals surface area contributed by atoms with E-state index in [-0.39, 0.29) is 5.92 Å². The smallest absolute Gasteiger partial charge is 0.144 e. The van der Waals surface area contributed by atoms with E-state index in [0.717, 1.165) is 37.5 Å². The summed E-state index contributed by atoms with van der Waals surface area (Å²) in [5, 5.41) is 8.81. The molecule has 3 heteroatoms. The van der Waals surface area contributed by atoms with Gasteiger partial charge in [0.15, 0.2) is 0 Å². The van der Waals surface area contributed by atoms with Crippen molar-refractivity contribution in [1.29, 1.82) is 5.26 Å². The summed E-state index contributed by atoms with van der Waals surface area (Å²) in [6.45, 7) is 2.28. The molecule has 2 aliphatic carbocycles. The molecule has 0 atom stereocenters. The zero-order valence-corrected chi connectivity index (χ0v) is 16.4. The Morgan fingerprint density at radius 2 is 1.44 bits per heavy atom. The third kappa shape index (κ3) is 5.18. The molecule has 0 aromatic heterocycles. The molecule has 0 unspecified atom stereocenters. The molecular formula is C24H31F2N. The molecular weight excluding hydrogens is 340 g/mol. The Hall–Kier alpha value is -1.69. The van der Waals surface area contributed by atoms with Crippen LogP contribution in [0.25, 0.3) is 0 Å². The van der Waals surface area contributed by atoms with Crippen LogP contribution in [0.15, 0.2) is 24.3 Å². The van der Waals surface area contributed by atoms with E-state index >= 15 is 0 Å². The fourth-order valence-corrected chi connectivity index (χ4v) is 4.97. The molecule has 27 heavy (non-hydrogen) atoms. The fraction of sp³-hybridized carbons (Fsp3) is 0.625. The molecule has 0 radical (unpaired) electrons. The molecule has 2 saturated carbocycles. The maximum Gasteiger partial charge on any atom is 0.144 e. The van der Waals surface area contributed by atoms with Crippen LogP contribution in [0.4, 0.5) is 8.78 Å². The topological polar surface area (TPSA) is 23.8 Å². The van der Waals surface area contributed by atoms with Gasteiger partial charge in [-0.15, -0.1) is 0 Å². The Morgan fingerprint density at radius 1 is 0.926 bits per heavy atom. The third-order valence-corrected chi connectivity index (χ3v) is 6.66. The van der Waals surface area contributed by atoms with E-state index in [1.807, 2.05) is 0 Å². The van der Waals surface area contributed by atoms with Gasteiger partial charge in [-0.1, -0.05) is 31.9 Å². The normalized spacial score (nSPS) is 29.0. The number of hydrogen-bond acceptors (Lipinski definition) is 1. The van der Waals surface area contributed by atoms with Crippen LogP contribution in [-0.2, 0) is 0 Å². The van der Waals surface area contributed by atoms with Crippen LogP contribution in [0.3, 0.4) is 0 Å². The van der Waals surface area contributed by atoms with Gasteiger partial charge < -0.3 is 0 Å². The first-order valence-electron chi connectivity index (χ1n) is 10.7. The van der Waals surface area contributed by atoms with E-state index in [1.165, 1.54) is 50.7 Å². The molecule has 2 fully saturated rings. The summed E-state index contributed by atoms with van der Waals surface area (Å²) in [5.74, 6) is 1.04. The van der Waals surface area contributed by atoms with Gasteiger partial charge in [0, 0.05) is 0 Å². The quantitative estimate of drug-likeness (QED) is 0.499. The summed E-state index contributed by atoms with van der Waals surface area (Å²) in [7, 11) is 0. The van der Waals surface area contributed by atoms with Crippen molar-refractivity contribution in [2.45, 2.75) is 77.0 Å². The summed E-state index contributed by atoms with van der Waals surface area (Å²) in [6.07, 6.45) is 17.1. The molecule has 0 aliphatic heterocycles. The SMILES string of the molecule is CCCC1CCC(C=CC2CCC(c3cc(F)c(C#N)c(F)c3)CC2)CC1. The van der Waals surface area contributed by atoms with Crippen LogP contribution in [0.2, 0.25) is 0 Å². The minimum absolute atomic E-state index is 0.205. The van der Waals surface area contributed by atoms with Crippen molar-refractivity contribution < 1.29 is 8.78 Å². The first kappa shape index (κ1) is 20.1. The van der Waals surface area contributed by atoms with Crippen LogP contribution >= 0.6 is 0 Å². The summed E-state index contributed by atoms with van der Waals surface area (Å²) in [6, 6.07) is 4.32. The van der Waals surface area contributed by atoms with Gasteiger partial charge in [0.1, 0.15) is 23.3 Å². The van der Waals surface area contributed by atoms with Crippen molar-refractivity contribution in [2.75, 3.05) is 0 Å². The molecule has 3 rings (SSSR count). The van der Waals surface area contributed by atoms with E-state index in [1.54, 1.807) is 6.07 Å². The van der Waals surface area contributed by atoms with Crippen LogP contribution in [-0.4, -0.2) is 0 Å². The number of rotatable bonds is 5. The highest BCUT2D eigenvalue weighted by atomic mass is 19.1. The Kier molecular flexibility index (Phi) is 7.05. The molecule has 1 aromatic carbocycles. The number of halogens is 2. The molecule has 1 nitrogen and oxygen atoms in total. The largest absolute Gasteiger partial charge is 0.205 e. The van der Waals surface area contributed by atoms with Gasteiger partial charge in [-0.2, -0.15) is 5.26 Å². The number of nitrogens with zero attached hydrogens (tertiary/aromatic N) is 1. The maximum absolute atomic E-state index is 13.9. The number of benzene rings is 1. The molecule has 0 bridgehead atoms. The third-order valence-electron chi connectivity index (χ3n) is 6.66. The van der Waals surface area contributed by atoms with Crippen LogP contribution in [0.1, 0.15) is 88.2 Å². The highest BCUT2D eigenvalue weighted by molar-refractivity contribution is 5.36. The van der Waals surface area contributed by atoms with Crippen LogP contribution in [0, 0.1) is 40.7 Å². The second-order valence-electron chi connectivity index (χ2n) is 8.54.